The summed E-state index contributed by atoms with van der Waals surface area (Å²) in [4.78, 5) is 16.7. The van der Waals surface area contributed by atoms with E-state index in [-0.39, 0.29) is 12.2 Å². The molecular formula is C13H16BrF3N2O2. The lowest BCUT2D eigenvalue weighted by atomic mass is 10.3. The summed E-state index contributed by atoms with van der Waals surface area (Å²) in [6.45, 7) is 1.27. The number of carbonyl (C=O) groups is 1. The molecule has 0 bridgehead atoms. The van der Waals surface area contributed by atoms with Gasteiger partial charge in [-0.25, -0.2) is 4.98 Å². The molecule has 0 aliphatic heterocycles. The Labute approximate surface area is 129 Å². The lowest BCUT2D eigenvalue weighted by Crippen LogP contribution is -2.40. The van der Waals surface area contributed by atoms with Crippen molar-refractivity contribution in [3.05, 3.63) is 28.5 Å². The van der Waals surface area contributed by atoms with Crippen molar-refractivity contribution in [3.63, 3.8) is 0 Å². The third-order valence-electron chi connectivity index (χ3n) is 2.52. The molecule has 1 amide bonds. The first kappa shape index (κ1) is 17.9. The van der Waals surface area contributed by atoms with E-state index in [0.29, 0.717) is 24.1 Å². The standard InChI is InChI=1S/C13H16BrF3N2O2/c1-2-21-7-3-6-19(9-13(15,16)17)12(20)11-5-4-10(14)8-18-11/h4-5,8H,2-3,6-7,9H2,1H3. The maximum absolute atomic E-state index is 12.6. The first-order valence-corrected chi connectivity index (χ1v) is 7.18. The van der Waals surface area contributed by atoms with Gasteiger partial charge in [0, 0.05) is 30.4 Å². The quantitative estimate of drug-likeness (QED) is 0.693. The number of aromatic nitrogens is 1. The summed E-state index contributed by atoms with van der Waals surface area (Å²) in [7, 11) is 0. The largest absolute Gasteiger partial charge is 0.406 e. The Hall–Kier alpha value is -1.15. The highest BCUT2D eigenvalue weighted by molar-refractivity contribution is 9.10. The lowest BCUT2D eigenvalue weighted by molar-refractivity contribution is -0.141. The molecule has 0 N–H and O–H groups in total. The topological polar surface area (TPSA) is 42.4 Å². The predicted molar refractivity (Wildman–Crippen MR) is 75.0 cm³/mol. The zero-order chi connectivity index (χ0) is 15.9. The predicted octanol–water partition coefficient (Wildman–Crippen LogP) is 3.28. The molecule has 0 aliphatic carbocycles. The molecule has 8 heteroatoms. The van der Waals surface area contributed by atoms with Crippen molar-refractivity contribution in [2.75, 3.05) is 26.3 Å². The van der Waals surface area contributed by atoms with E-state index in [4.69, 9.17) is 4.74 Å². The van der Waals surface area contributed by atoms with Gasteiger partial charge in [0.1, 0.15) is 12.2 Å². The van der Waals surface area contributed by atoms with E-state index in [1.807, 2.05) is 0 Å². The molecule has 0 radical (unpaired) electrons. The molecule has 0 fully saturated rings. The van der Waals surface area contributed by atoms with E-state index in [1.165, 1.54) is 12.3 Å². The molecule has 21 heavy (non-hydrogen) atoms. The number of hydrogen-bond acceptors (Lipinski definition) is 3. The second-order valence-corrected chi connectivity index (χ2v) is 5.17. The van der Waals surface area contributed by atoms with E-state index in [9.17, 15) is 18.0 Å². The zero-order valence-electron chi connectivity index (χ0n) is 11.5. The van der Waals surface area contributed by atoms with Crippen molar-refractivity contribution in [2.24, 2.45) is 0 Å². The Morgan fingerprint density at radius 3 is 2.67 bits per heavy atom. The minimum absolute atomic E-state index is 0.0149. The van der Waals surface area contributed by atoms with E-state index < -0.39 is 18.6 Å². The minimum Gasteiger partial charge on any atom is -0.382 e. The average Bonchev–Trinajstić information content (AvgIpc) is 2.41. The summed E-state index contributed by atoms with van der Waals surface area (Å²) in [5.41, 5.74) is -0.0149. The van der Waals surface area contributed by atoms with Crippen molar-refractivity contribution in [2.45, 2.75) is 19.5 Å². The molecule has 0 atom stereocenters. The third-order valence-corrected chi connectivity index (χ3v) is 2.99. The number of hydrogen-bond donors (Lipinski definition) is 0. The number of halogens is 4. The van der Waals surface area contributed by atoms with Gasteiger partial charge in [0.15, 0.2) is 0 Å². The molecule has 1 rings (SSSR count). The van der Waals surface area contributed by atoms with E-state index in [1.54, 1.807) is 13.0 Å². The van der Waals surface area contributed by atoms with Crippen LogP contribution in [0.4, 0.5) is 13.2 Å². The van der Waals surface area contributed by atoms with Gasteiger partial charge >= 0.3 is 6.18 Å². The first-order chi connectivity index (χ1) is 9.83. The van der Waals surface area contributed by atoms with Crippen LogP contribution in [0.2, 0.25) is 0 Å². The number of alkyl halides is 3. The minimum atomic E-state index is -4.45. The van der Waals surface area contributed by atoms with Crippen LogP contribution in [0, 0.1) is 0 Å². The highest BCUT2D eigenvalue weighted by Gasteiger charge is 2.33. The number of pyridine rings is 1. The van der Waals surface area contributed by atoms with Crippen LogP contribution < -0.4 is 0 Å². The van der Waals surface area contributed by atoms with Gasteiger partial charge < -0.3 is 9.64 Å². The zero-order valence-corrected chi connectivity index (χ0v) is 13.1. The molecule has 0 spiro atoms. The number of nitrogens with zero attached hydrogens (tertiary/aromatic N) is 2. The SMILES string of the molecule is CCOCCCN(CC(F)(F)F)C(=O)c1ccc(Br)cn1. The maximum Gasteiger partial charge on any atom is 0.406 e. The Morgan fingerprint density at radius 1 is 1.43 bits per heavy atom. The number of rotatable bonds is 7. The van der Waals surface area contributed by atoms with Crippen LogP contribution >= 0.6 is 15.9 Å². The summed E-state index contributed by atoms with van der Waals surface area (Å²) < 4.78 is 43.4. The van der Waals surface area contributed by atoms with Gasteiger partial charge in [0.2, 0.25) is 0 Å². The Bertz CT molecular complexity index is 452. The van der Waals surface area contributed by atoms with Crippen molar-refractivity contribution in [3.8, 4) is 0 Å². The number of carbonyl (C=O) groups excluding carboxylic acids is 1. The highest BCUT2D eigenvalue weighted by Crippen LogP contribution is 2.18. The monoisotopic (exact) mass is 368 g/mol. The van der Waals surface area contributed by atoms with Crippen LogP contribution in [0.1, 0.15) is 23.8 Å². The molecule has 0 saturated heterocycles. The highest BCUT2D eigenvalue weighted by atomic mass is 79.9. The van der Waals surface area contributed by atoms with Crippen LogP contribution in [0.5, 0.6) is 0 Å². The third kappa shape index (κ3) is 6.90. The van der Waals surface area contributed by atoms with E-state index in [0.717, 1.165) is 4.90 Å². The van der Waals surface area contributed by atoms with Crippen molar-refractivity contribution in [1.29, 1.82) is 0 Å². The van der Waals surface area contributed by atoms with Crippen molar-refractivity contribution < 1.29 is 22.7 Å². The van der Waals surface area contributed by atoms with Gasteiger partial charge in [-0.2, -0.15) is 13.2 Å². The molecule has 0 aromatic carbocycles. The van der Waals surface area contributed by atoms with Crippen LogP contribution in [0.3, 0.4) is 0 Å². The molecule has 0 aliphatic rings. The van der Waals surface area contributed by atoms with Crippen LogP contribution in [-0.4, -0.2) is 48.3 Å². The smallest absolute Gasteiger partial charge is 0.382 e. The summed E-state index contributed by atoms with van der Waals surface area (Å²) in [6, 6.07) is 2.95. The Balaban J connectivity index is 2.74. The Kier molecular flexibility index (Phi) is 7.10. The lowest BCUT2D eigenvalue weighted by Gasteiger charge is -2.23. The van der Waals surface area contributed by atoms with Gasteiger partial charge in [-0.05, 0) is 41.4 Å². The molecule has 118 valence electrons. The van der Waals surface area contributed by atoms with Gasteiger partial charge in [-0.1, -0.05) is 0 Å². The summed E-state index contributed by atoms with van der Waals surface area (Å²) in [5, 5.41) is 0. The number of amides is 1. The van der Waals surface area contributed by atoms with E-state index >= 15 is 0 Å². The van der Waals surface area contributed by atoms with Gasteiger partial charge in [0.05, 0.1) is 0 Å². The molecular weight excluding hydrogens is 353 g/mol. The fraction of sp³-hybridized carbons (Fsp3) is 0.538. The summed E-state index contributed by atoms with van der Waals surface area (Å²) >= 11 is 3.16. The molecule has 0 saturated carbocycles. The van der Waals surface area contributed by atoms with Crippen molar-refractivity contribution in [1.82, 2.24) is 9.88 Å². The average molecular weight is 369 g/mol. The van der Waals surface area contributed by atoms with Gasteiger partial charge in [0.25, 0.3) is 5.91 Å². The molecule has 1 aromatic rings. The Morgan fingerprint density at radius 2 is 2.14 bits per heavy atom. The first-order valence-electron chi connectivity index (χ1n) is 6.39. The van der Waals surface area contributed by atoms with Gasteiger partial charge in [-0.15, -0.1) is 0 Å². The van der Waals surface area contributed by atoms with Crippen LogP contribution in [0.25, 0.3) is 0 Å². The van der Waals surface area contributed by atoms with Crippen molar-refractivity contribution >= 4 is 21.8 Å². The molecule has 1 aromatic heterocycles. The second-order valence-electron chi connectivity index (χ2n) is 4.25. The van der Waals surface area contributed by atoms with Gasteiger partial charge in [-0.3, -0.25) is 4.79 Å². The maximum atomic E-state index is 12.6. The van der Waals surface area contributed by atoms with Crippen LogP contribution in [-0.2, 0) is 4.74 Å². The molecule has 1 heterocycles. The van der Waals surface area contributed by atoms with Crippen LogP contribution in [0.15, 0.2) is 22.8 Å². The summed E-state index contributed by atoms with van der Waals surface area (Å²) in [6.07, 6.45) is -2.73. The van der Waals surface area contributed by atoms with E-state index in [2.05, 4.69) is 20.9 Å². The summed E-state index contributed by atoms with van der Waals surface area (Å²) in [5.74, 6) is -0.740. The molecule has 4 nitrogen and oxygen atoms in total. The number of ether oxygens (including phenoxy) is 1. The molecule has 0 unspecified atom stereocenters. The fourth-order valence-electron chi connectivity index (χ4n) is 1.63. The fourth-order valence-corrected chi connectivity index (χ4v) is 1.87. The normalized spacial score (nSPS) is 11.5. The second kappa shape index (κ2) is 8.33.